The highest BCUT2D eigenvalue weighted by molar-refractivity contribution is 7.98. The van der Waals surface area contributed by atoms with Crippen LogP contribution in [0.25, 0.3) is 0 Å². The van der Waals surface area contributed by atoms with E-state index in [0.29, 0.717) is 18.9 Å². The molecule has 0 aromatic heterocycles. The molecule has 1 fully saturated rings. The van der Waals surface area contributed by atoms with E-state index in [1.54, 1.807) is 11.8 Å². The van der Waals surface area contributed by atoms with Gasteiger partial charge in [0.25, 0.3) is 0 Å². The standard InChI is InChI=1S/C15H28N2O2S/c1-10(18)17-11(7-8-20-6)13(19)16-9-12-14(2,3)15(12,4)5/h11-12H,7-9H2,1-6H3,(H,16,19)(H,17,18)/t11-/m0/s1. The first kappa shape index (κ1) is 17.3. The molecule has 0 unspecified atom stereocenters. The maximum atomic E-state index is 12.2. The molecular formula is C15H28N2O2S. The Morgan fingerprint density at radius 3 is 2.15 bits per heavy atom. The lowest BCUT2D eigenvalue weighted by molar-refractivity contribution is -0.128. The van der Waals surface area contributed by atoms with Crippen LogP contribution in [-0.2, 0) is 9.59 Å². The molecule has 116 valence electrons. The number of rotatable bonds is 7. The van der Waals surface area contributed by atoms with Gasteiger partial charge in [-0.3, -0.25) is 9.59 Å². The first-order chi connectivity index (χ1) is 9.14. The highest BCUT2D eigenvalue weighted by Gasteiger charge is 2.64. The molecule has 0 radical (unpaired) electrons. The molecule has 0 heterocycles. The summed E-state index contributed by atoms with van der Waals surface area (Å²) in [6.45, 7) is 11.1. The molecule has 2 N–H and O–H groups in total. The number of hydrogen-bond donors (Lipinski definition) is 2. The first-order valence-electron chi connectivity index (χ1n) is 7.18. The largest absolute Gasteiger partial charge is 0.354 e. The molecule has 1 saturated carbocycles. The van der Waals surface area contributed by atoms with Crippen molar-refractivity contribution < 1.29 is 9.59 Å². The highest BCUT2D eigenvalue weighted by Crippen LogP contribution is 2.67. The van der Waals surface area contributed by atoms with Crippen LogP contribution in [0.4, 0.5) is 0 Å². The fourth-order valence-electron chi connectivity index (χ4n) is 2.92. The molecule has 0 saturated heterocycles. The summed E-state index contributed by atoms with van der Waals surface area (Å²) in [5.41, 5.74) is 0.534. The lowest BCUT2D eigenvalue weighted by Crippen LogP contribution is -2.47. The van der Waals surface area contributed by atoms with Crippen LogP contribution in [0.3, 0.4) is 0 Å². The van der Waals surface area contributed by atoms with Gasteiger partial charge < -0.3 is 10.6 Å². The van der Waals surface area contributed by atoms with Crippen LogP contribution in [0, 0.1) is 16.7 Å². The molecular weight excluding hydrogens is 272 g/mol. The van der Waals surface area contributed by atoms with Crippen LogP contribution in [0.15, 0.2) is 0 Å². The van der Waals surface area contributed by atoms with Crippen molar-refractivity contribution in [2.45, 2.75) is 47.1 Å². The Morgan fingerprint density at radius 2 is 1.75 bits per heavy atom. The Balaban J connectivity index is 2.48. The van der Waals surface area contributed by atoms with Crippen molar-refractivity contribution in [1.29, 1.82) is 0 Å². The Morgan fingerprint density at radius 1 is 1.20 bits per heavy atom. The van der Waals surface area contributed by atoms with Crippen LogP contribution >= 0.6 is 11.8 Å². The quantitative estimate of drug-likeness (QED) is 0.756. The fraction of sp³-hybridized carbons (Fsp3) is 0.867. The summed E-state index contributed by atoms with van der Waals surface area (Å²) < 4.78 is 0. The molecule has 4 nitrogen and oxygen atoms in total. The maximum Gasteiger partial charge on any atom is 0.242 e. The van der Waals surface area contributed by atoms with E-state index in [-0.39, 0.29) is 22.6 Å². The van der Waals surface area contributed by atoms with Gasteiger partial charge in [-0.1, -0.05) is 27.7 Å². The third-order valence-corrected chi connectivity index (χ3v) is 5.75. The van der Waals surface area contributed by atoms with Crippen molar-refractivity contribution in [2.24, 2.45) is 16.7 Å². The zero-order valence-corrected chi connectivity index (χ0v) is 14.3. The van der Waals surface area contributed by atoms with Gasteiger partial charge in [-0.25, -0.2) is 0 Å². The summed E-state index contributed by atoms with van der Waals surface area (Å²) in [7, 11) is 0. The van der Waals surface area contributed by atoms with Gasteiger partial charge >= 0.3 is 0 Å². The van der Waals surface area contributed by atoms with E-state index in [0.717, 1.165) is 5.75 Å². The summed E-state index contributed by atoms with van der Waals surface area (Å²) in [4.78, 5) is 23.4. The van der Waals surface area contributed by atoms with Gasteiger partial charge in [0.15, 0.2) is 0 Å². The predicted octanol–water partition coefficient (Wildman–Crippen LogP) is 2.04. The van der Waals surface area contributed by atoms with Gasteiger partial charge in [0, 0.05) is 13.5 Å². The summed E-state index contributed by atoms with van der Waals surface area (Å²) in [5, 5.41) is 5.74. The molecule has 2 amide bonds. The van der Waals surface area contributed by atoms with Crippen molar-refractivity contribution in [3.05, 3.63) is 0 Å². The van der Waals surface area contributed by atoms with E-state index >= 15 is 0 Å². The van der Waals surface area contributed by atoms with E-state index in [1.165, 1.54) is 6.92 Å². The van der Waals surface area contributed by atoms with Crippen LogP contribution in [-0.4, -0.2) is 36.4 Å². The average Bonchev–Trinajstić information content (AvgIpc) is 2.71. The van der Waals surface area contributed by atoms with Gasteiger partial charge in [-0.2, -0.15) is 11.8 Å². The van der Waals surface area contributed by atoms with Crippen LogP contribution in [0.1, 0.15) is 41.0 Å². The second kappa shape index (κ2) is 6.37. The molecule has 1 aliphatic carbocycles. The minimum atomic E-state index is -0.412. The second-order valence-corrected chi connectivity index (χ2v) is 7.76. The van der Waals surface area contributed by atoms with E-state index in [9.17, 15) is 9.59 Å². The molecule has 1 atom stereocenters. The van der Waals surface area contributed by atoms with Gasteiger partial charge in [-0.15, -0.1) is 0 Å². The number of amides is 2. The topological polar surface area (TPSA) is 58.2 Å². The minimum Gasteiger partial charge on any atom is -0.354 e. The molecule has 0 aromatic rings. The number of nitrogens with one attached hydrogen (secondary N) is 2. The molecule has 0 aliphatic heterocycles. The lowest BCUT2D eigenvalue weighted by Gasteiger charge is -2.17. The van der Waals surface area contributed by atoms with Crippen molar-refractivity contribution in [2.75, 3.05) is 18.6 Å². The average molecular weight is 300 g/mol. The third-order valence-electron chi connectivity index (χ3n) is 5.10. The first-order valence-corrected chi connectivity index (χ1v) is 8.57. The molecule has 1 rings (SSSR count). The second-order valence-electron chi connectivity index (χ2n) is 6.78. The Hall–Kier alpha value is -0.710. The molecule has 20 heavy (non-hydrogen) atoms. The predicted molar refractivity (Wildman–Crippen MR) is 84.7 cm³/mol. The number of carbonyl (C=O) groups is 2. The zero-order chi connectivity index (χ0) is 15.6. The van der Waals surface area contributed by atoms with E-state index in [4.69, 9.17) is 0 Å². The lowest BCUT2D eigenvalue weighted by atomic mass is 10.0. The number of hydrogen-bond acceptors (Lipinski definition) is 3. The van der Waals surface area contributed by atoms with E-state index in [2.05, 4.69) is 38.3 Å². The van der Waals surface area contributed by atoms with Crippen LogP contribution in [0.2, 0.25) is 0 Å². The molecule has 5 heteroatoms. The number of carbonyl (C=O) groups excluding carboxylic acids is 2. The monoisotopic (exact) mass is 300 g/mol. The van der Waals surface area contributed by atoms with Crippen molar-refractivity contribution >= 4 is 23.6 Å². The van der Waals surface area contributed by atoms with E-state index in [1.807, 2.05) is 6.26 Å². The SMILES string of the molecule is CSCC[C@H](NC(C)=O)C(=O)NCC1C(C)(C)C1(C)C. The van der Waals surface area contributed by atoms with E-state index < -0.39 is 6.04 Å². The Bertz CT molecular complexity index is 366. The molecule has 0 spiro atoms. The van der Waals surface area contributed by atoms with Crippen molar-refractivity contribution in [1.82, 2.24) is 10.6 Å². The van der Waals surface area contributed by atoms with Crippen molar-refractivity contribution in [3.8, 4) is 0 Å². The smallest absolute Gasteiger partial charge is 0.242 e. The molecule has 1 aliphatic rings. The fourth-order valence-corrected chi connectivity index (χ4v) is 3.39. The summed E-state index contributed by atoms with van der Waals surface area (Å²) in [6.07, 6.45) is 2.67. The van der Waals surface area contributed by atoms with Gasteiger partial charge in [-0.05, 0) is 35.2 Å². The highest BCUT2D eigenvalue weighted by atomic mass is 32.2. The zero-order valence-electron chi connectivity index (χ0n) is 13.5. The van der Waals surface area contributed by atoms with Crippen LogP contribution < -0.4 is 10.6 Å². The summed E-state index contributed by atoms with van der Waals surface area (Å²) >= 11 is 1.68. The van der Waals surface area contributed by atoms with Gasteiger partial charge in [0.1, 0.15) is 6.04 Å². The maximum absolute atomic E-state index is 12.2. The Labute approximate surface area is 126 Å². The molecule has 0 bridgehead atoms. The molecule has 0 aromatic carbocycles. The van der Waals surface area contributed by atoms with Crippen LogP contribution in [0.5, 0.6) is 0 Å². The normalized spacial score (nSPS) is 21.1. The summed E-state index contributed by atoms with van der Waals surface area (Å²) in [6, 6.07) is -0.412. The third kappa shape index (κ3) is 3.68. The van der Waals surface area contributed by atoms with Gasteiger partial charge in [0.2, 0.25) is 11.8 Å². The van der Waals surface area contributed by atoms with Crippen molar-refractivity contribution in [3.63, 3.8) is 0 Å². The van der Waals surface area contributed by atoms with Gasteiger partial charge in [0.05, 0.1) is 0 Å². The minimum absolute atomic E-state index is 0.0623. The summed E-state index contributed by atoms with van der Waals surface area (Å²) in [5.74, 6) is 1.14. The number of thioether (sulfide) groups is 1. The Kier molecular flexibility index (Phi) is 5.53.